The molecule has 0 fully saturated rings. The number of hydrogen-bond donors (Lipinski definition) is 18. The first kappa shape index (κ1) is 104. The van der Waals surface area contributed by atoms with E-state index in [2.05, 4.69) is 63.2 Å². The predicted octanol–water partition coefficient (Wildman–Crippen LogP) is 1.33. The molecule has 42 heteroatoms. The molecule has 0 radical (unpaired) electrons. The lowest BCUT2D eigenvalue weighted by atomic mass is 10.2. The van der Waals surface area contributed by atoms with Crippen molar-refractivity contribution >= 4 is 95.1 Å². The lowest BCUT2D eigenvalue weighted by Crippen LogP contribution is -2.54. The van der Waals surface area contributed by atoms with Gasteiger partial charge in [-0.15, -0.1) is 0 Å². The fourth-order valence-electron chi connectivity index (χ4n) is 6.96. The Bertz CT molecular complexity index is 3210. The van der Waals surface area contributed by atoms with Crippen molar-refractivity contribution < 1.29 is 120 Å². The quantitative estimate of drug-likeness (QED) is 0.0220. The molecule has 0 bridgehead atoms. The van der Waals surface area contributed by atoms with Gasteiger partial charge in [-0.1, -0.05) is 91.0 Å². The summed E-state index contributed by atoms with van der Waals surface area (Å²) in [6, 6.07) is 21.7. The molecule has 111 heavy (non-hydrogen) atoms. The summed E-state index contributed by atoms with van der Waals surface area (Å²) in [6.45, 7) is 21.9. The fourth-order valence-corrected chi connectivity index (χ4v) is 7.02. The Morgan fingerprint density at radius 3 is 0.982 bits per heavy atom. The first-order valence-electron chi connectivity index (χ1n) is 34.2. The van der Waals surface area contributed by atoms with Crippen molar-refractivity contribution in [1.29, 1.82) is 0 Å². The third kappa shape index (κ3) is 70.3. The molecular weight excluding hydrogens is 1490 g/mol. The number of primary amides is 2. The summed E-state index contributed by atoms with van der Waals surface area (Å²) in [6.07, 6.45) is -2.95. The monoisotopic (exact) mass is 1600 g/mol. The molecule has 0 saturated carbocycles. The number of halogens is 1. The van der Waals surface area contributed by atoms with Gasteiger partial charge in [-0.05, 0) is 79.0 Å². The van der Waals surface area contributed by atoms with Gasteiger partial charge in [0, 0.05) is 77.8 Å². The van der Waals surface area contributed by atoms with Crippen LogP contribution in [0.25, 0.3) is 0 Å². The maximum atomic E-state index is 12.3. The van der Waals surface area contributed by atoms with E-state index in [1.54, 1.807) is 53.7 Å². The highest BCUT2D eigenvalue weighted by molar-refractivity contribution is 6.61. The molecular formula is C69H113ClN16O25. The first-order chi connectivity index (χ1) is 52.0. The van der Waals surface area contributed by atoms with E-state index < -0.39 is 124 Å². The van der Waals surface area contributed by atoms with Crippen LogP contribution < -0.4 is 87.2 Å². The van der Waals surface area contributed by atoms with Crippen molar-refractivity contribution in [3.05, 3.63) is 108 Å². The van der Waals surface area contributed by atoms with Crippen LogP contribution in [0.15, 0.2) is 91.0 Å². The molecule has 3 aromatic rings. The Kier molecular flexibility index (Phi) is 57.9. The van der Waals surface area contributed by atoms with Crippen LogP contribution in [0.1, 0.15) is 92.9 Å². The topological polar surface area (TPSA) is 625 Å². The Labute approximate surface area is 649 Å². The van der Waals surface area contributed by atoms with Crippen molar-refractivity contribution in [1.82, 2.24) is 58.5 Å². The third-order valence-corrected chi connectivity index (χ3v) is 11.8. The van der Waals surface area contributed by atoms with Crippen LogP contribution >= 0.6 is 11.6 Å². The number of carbonyl (C=O) groups excluding carboxylic acids is 12. The Balaban J connectivity index is -0.00000134. The van der Waals surface area contributed by atoms with Crippen LogP contribution in [0, 0.1) is 0 Å². The number of carbonyl (C=O) groups is 14. The zero-order chi connectivity index (χ0) is 84.8. The molecule has 23 N–H and O–H groups in total. The highest BCUT2D eigenvalue weighted by atomic mass is 35.5. The highest BCUT2D eigenvalue weighted by Crippen LogP contribution is 2.09. The largest absolute Gasteiger partial charge is 0.480 e. The number of nitrogens with one attached hydrogen (secondary N) is 11. The number of nitrogens with two attached hydrogens (primary N) is 5. The van der Waals surface area contributed by atoms with Crippen molar-refractivity contribution in [3.63, 3.8) is 0 Å². The SMILES string of the molecule is CC(=O)NC(CNC(=O)OCc1ccccc1)C(=O)NCCOCCNC(=O)OC(C)(C)C.CC(=O)NC(CNC(=O)OCc1ccccc1)C(=O)O.CC(C)(C)OC(=O)NCCOCCN.CC(C)(C)OC(=O)NCCOCCNC(=O)C(CNC(N)=O)NC(N)=O.NCC(N)C(=O)O.O=C(Cl)OCc1ccccc1. The molecule has 3 rings (SSSR count). The molecule has 0 aliphatic rings. The summed E-state index contributed by atoms with van der Waals surface area (Å²) in [4.78, 5) is 156. The molecule has 13 amide bonds. The van der Waals surface area contributed by atoms with E-state index in [9.17, 15) is 67.1 Å². The number of carboxylic acids is 2. The summed E-state index contributed by atoms with van der Waals surface area (Å²) >= 11 is 4.97. The number of benzene rings is 3. The van der Waals surface area contributed by atoms with Gasteiger partial charge in [-0.25, -0.2) is 43.2 Å². The number of aliphatic carboxylic acids is 2. The Hall–Kier alpha value is -11.1. The number of hydrogen-bond acceptors (Lipinski definition) is 26. The van der Waals surface area contributed by atoms with Gasteiger partial charge < -0.3 is 140 Å². The van der Waals surface area contributed by atoms with E-state index in [0.29, 0.717) is 26.3 Å². The van der Waals surface area contributed by atoms with Gasteiger partial charge in [0.25, 0.3) is 0 Å². The maximum Gasteiger partial charge on any atom is 0.407 e. The maximum absolute atomic E-state index is 12.3. The van der Waals surface area contributed by atoms with Crippen molar-refractivity contribution in [2.45, 2.75) is 137 Å². The summed E-state index contributed by atoms with van der Waals surface area (Å²) in [7, 11) is 0. The first-order valence-corrected chi connectivity index (χ1v) is 34.6. The molecule has 4 atom stereocenters. The summed E-state index contributed by atoms with van der Waals surface area (Å²) in [5.41, 5.74) is 25.0. The lowest BCUT2D eigenvalue weighted by Gasteiger charge is -2.19. The number of ether oxygens (including phenoxy) is 9. The standard InChI is InChI=1S/C22H34N4O7.C14H28N6O6.C13H16N2O5.C9H20N2O3.C8H7ClO2.C3H8N2O2/c1-16(27)26-18(14-25-20(29)32-15-17-8-6-5-7-9-17)19(28)23-10-12-31-13-11-24-21(30)33-22(2,3)4;1-14(2,3)26-13(24)18-5-7-25-6-4-17-10(21)9(20-12(16)23)8-19-11(15)22;1-9(16)15-11(12(17)18)7-14-13(19)20-8-10-5-3-2-4-6-10;1-9(2,3)14-8(12)11-5-7-13-6-4-10;9-8(10)11-6-7-4-2-1-3-5-7;4-1-2(5)3(6)7/h5-9,18H,10-15H2,1-4H3,(H,23,28)(H,24,30)(H,25,29)(H,26,27);9H,4-8H2,1-3H3,(H,17,21)(H,18,24)(H3,15,19,22)(H3,16,20,23);2-6,11H,7-8H2,1H3,(H,14,19)(H,15,16)(H,17,18);4-7,10H2,1-3H3,(H,11,12);1-5H,6H2;2H,1,4-5H2,(H,6,7). The van der Waals surface area contributed by atoms with Gasteiger partial charge in [-0.3, -0.25) is 24.0 Å². The van der Waals surface area contributed by atoms with Gasteiger partial charge in [0.15, 0.2) is 0 Å². The molecule has 0 aliphatic heterocycles. The van der Waals surface area contributed by atoms with Crippen LogP contribution in [0.3, 0.4) is 0 Å². The van der Waals surface area contributed by atoms with Crippen molar-refractivity contribution in [2.75, 3.05) is 105 Å². The molecule has 0 spiro atoms. The van der Waals surface area contributed by atoms with Gasteiger partial charge in [-0.2, -0.15) is 0 Å². The summed E-state index contributed by atoms with van der Waals surface area (Å²) in [5, 5.41) is 43.4. The molecule has 0 aliphatic carbocycles. The van der Waals surface area contributed by atoms with E-state index in [1.807, 2.05) is 99.6 Å². The predicted molar refractivity (Wildman–Crippen MR) is 404 cm³/mol. The molecule has 3 aromatic carbocycles. The molecule has 0 heterocycles. The molecule has 0 aromatic heterocycles. The van der Waals surface area contributed by atoms with Crippen molar-refractivity contribution in [3.8, 4) is 0 Å². The van der Waals surface area contributed by atoms with Crippen LogP contribution in [0.4, 0.5) is 38.4 Å². The van der Waals surface area contributed by atoms with Gasteiger partial charge in [0.1, 0.15) is 60.8 Å². The molecule has 41 nitrogen and oxygen atoms in total. The zero-order valence-electron chi connectivity index (χ0n) is 64.5. The number of urea groups is 2. The zero-order valence-corrected chi connectivity index (χ0v) is 65.2. The van der Waals surface area contributed by atoms with Gasteiger partial charge in [0.2, 0.25) is 23.6 Å². The normalized spacial score (nSPS) is 11.4. The molecule has 4 unspecified atom stereocenters. The van der Waals surface area contributed by atoms with E-state index in [1.165, 1.54) is 13.8 Å². The second kappa shape index (κ2) is 61.7. The van der Waals surface area contributed by atoms with Gasteiger partial charge >= 0.3 is 59.9 Å². The number of alkyl carbamates (subject to hydrolysis) is 5. The van der Waals surface area contributed by atoms with E-state index in [0.717, 1.165) is 16.7 Å². The highest BCUT2D eigenvalue weighted by Gasteiger charge is 2.24. The number of rotatable bonds is 37. The minimum atomic E-state index is -1.23. The van der Waals surface area contributed by atoms with Gasteiger partial charge in [0.05, 0.1) is 52.7 Å². The summed E-state index contributed by atoms with van der Waals surface area (Å²) < 4.78 is 45.4. The Morgan fingerprint density at radius 1 is 0.396 bits per heavy atom. The fraction of sp³-hybridized carbons (Fsp3) is 0.536. The molecule has 626 valence electrons. The number of carboxylic acid groups (broad SMARTS) is 2. The number of amides is 13. The van der Waals surface area contributed by atoms with Crippen LogP contribution in [0.5, 0.6) is 0 Å². The Morgan fingerprint density at radius 2 is 0.703 bits per heavy atom. The van der Waals surface area contributed by atoms with Crippen LogP contribution in [0.2, 0.25) is 0 Å². The average Bonchev–Trinajstić information content (AvgIpc) is 0.919. The minimum Gasteiger partial charge on any atom is -0.480 e. The van der Waals surface area contributed by atoms with Crippen LogP contribution in [-0.4, -0.2) is 240 Å². The minimum absolute atomic E-state index is 0.00463. The van der Waals surface area contributed by atoms with E-state index in [4.69, 9.17) is 88.4 Å². The second-order valence-electron chi connectivity index (χ2n) is 25.2. The van der Waals surface area contributed by atoms with Crippen molar-refractivity contribution in [2.24, 2.45) is 28.7 Å². The van der Waals surface area contributed by atoms with E-state index in [-0.39, 0.29) is 98.6 Å². The lowest BCUT2D eigenvalue weighted by molar-refractivity contribution is -0.141. The van der Waals surface area contributed by atoms with E-state index >= 15 is 0 Å². The second-order valence-corrected chi connectivity index (χ2v) is 25.5. The average molecular weight is 1600 g/mol. The molecule has 0 saturated heterocycles. The third-order valence-electron chi connectivity index (χ3n) is 11.7. The van der Waals surface area contributed by atoms with Crippen LogP contribution in [-0.2, 0) is 91.2 Å². The summed E-state index contributed by atoms with van der Waals surface area (Å²) in [5.74, 6) is -4.24. The smallest absolute Gasteiger partial charge is 0.407 e.